The summed E-state index contributed by atoms with van der Waals surface area (Å²) >= 11 is 6.09. The van der Waals surface area contributed by atoms with E-state index in [0.29, 0.717) is 67.2 Å². The molecule has 0 bridgehead atoms. The van der Waals surface area contributed by atoms with Gasteiger partial charge in [-0.15, -0.1) is 0 Å². The number of benzene rings is 6. The van der Waals surface area contributed by atoms with Gasteiger partial charge in [0.15, 0.2) is 11.4 Å². The Hall–Kier alpha value is -13.2. The molecule has 0 fully saturated rings. The van der Waals surface area contributed by atoms with Crippen LogP contribution in [0.15, 0.2) is 243 Å². The van der Waals surface area contributed by atoms with E-state index in [4.69, 9.17) is 43.2 Å². The van der Waals surface area contributed by atoms with Crippen LogP contribution in [0.2, 0.25) is 5.15 Å². The molecule has 0 radical (unpaired) electrons. The summed E-state index contributed by atoms with van der Waals surface area (Å²) in [6.45, 7) is 5.56. The van der Waals surface area contributed by atoms with Gasteiger partial charge in [-0.2, -0.15) is 41.1 Å². The second kappa shape index (κ2) is 31.3. The van der Waals surface area contributed by atoms with E-state index < -0.39 is 11.6 Å². The Kier molecular flexibility index (Phi) is 20.6. The third-order valence-electron chi connectivity index (χ3n) is 16.2. The number of hydrogen-bond acceptors (Lipinski definition) is 17. The lowest BCUT2D eigenvalue weighted by Crippen LogP contribution is -2.02. The fraction of sp³-hybridized carbons (Fsp3) is 0.120. The van der Waals surface area contributed by atoms with Crippen LogP contribution >= 0.6 is 11.6 Å². The van der Waals surface area contributed by atoms with Crippen LogP contribution in [-0.4, -0.2) is 78.8 Å². The fourth-order valence-electron chi connectivity index (χ4n) is 11.0. The number of pyridine rings is 3. The lowest BCUT2D eigenvalue weighted by molar-refractivity contribution is 0.460. The van der Waals surface area contributed by atoms with Crippen molar-refractivity contribution < 1.29 is 13.3 Å². The standard InChI is InChI=1S/C25H20FN7.C25H22N8O.C17H14ClN5.C8H7FN2/c26-23-12-20(6-7-21(23)13-27)14-29-25-22-17-33(31-24(22)8-10-28-25)16-19-4-2-18(3-5-19)15-32-11-1-9-30-32;26-24-20-7-6-19(12-23(20)34-31-24)13-28-25-21-16-33(30-22(21)8-10-27-25)15-18-4-2-17(3-5-18)14-32-11-1-9-29-32;18-17-15-12-23(21-16(15)6-8-19-17)11-14-4-2-13(3-5-14)10-22-9-1-7-20-22;9-8-3-6(4-10)1-2-7(8)5-11/h1-12,17H,14-16H2,(H,28,29);1-12,16H,13-15H2,(H2,26,31)(H,27,28);1-9,12H,10-11H2;1-3H,4,10H2. The van der Waals surface area contributed by atoms with Crippen LogP contribution in [0.1, 0.15) is 61.2 Å². The smallest absolute Gasteiger partial charge is 0.174 e. The number of aromatic nitrogens is 16. The van der Waals surface area contributed by atoms with Gasteiger partial charge in [0.1, 0.15) is 40.6 Å². The van der Waals surface area contributed by atoms with Gasteiger partial charge < -0.3 is 26.6 Å². The van der Waals surface area contributed by atoms with Crippen molar-refractivity contribution in [2.24, 2.45) is 5.73 Å². The van der Waals surface area contributed by atoms with Crippen molar-refractivity contribution in [3.63, 3.8) is 0 Å². The molecule has 10 heterocycles. The van der Waals surface area contributed by atoms with Crippen molar-refractivity contribution in [1.82, 2.24) is 78.8 Å². The third kappa shape index (κ3) is 17.0. The number of anilines is 3. The molecule has 0 saturated carbocycles. The molecule has 101 heavy (non-hydrogen) atoms. The topological polar surface area (TPSA) is 295 Å². The highest BCUT2D eigenvalue weighted by molar-refractivity contribution is 6.34. The molecular formula is C75H63ClF2N22O. The van der Waals surface area contributed by atoms with E-state index in [1.807, 2.05) is 126 Å². The lowest BCUT2D eigenvalue weighted by Gasteiger charge is -2.07. The molecule has 0 unspecified atom stereocenters. The molecule has 26 heteroatoms. The molecule has 23 nitrogen and oxygen atoms in total. The highest BCUT2D eigenvalue weighted by atomic mass is 35.5. The van der Waals surface area contributed by atoms with E-state index in [2.05, 4.69) is 129 Å². The van der Waals surface area contributed by atoms with Crippen molar-refractivity contribution in [3.05, 3.63) is 316 Å². The second-order valence-electron chi connectivity index (χ2n) is 23.4. The molecule has 0 aliphatic carbocycles. The van der Waals surface area contributed by atoms with Gasteiger partial charge in [0.25, 0.3) is 0 Å². The van der Waals surface area contributed by atoms with Gasteiger partial charge in [-0.05, 0) is 123 Å². The van der Waals surface area contributed by atoms with E-state index in [1.54, 1.807) is 55.4 Å². The first-order valence-corrected chi connectivity index (χ1v) is 32.3. The maximum absolute atomic E-state index is 13.9. The Morgan fingerprint density at radius 2 is 0.792 bits per heavy atom. The van der Waals surface area contributed by atoms with Gasteiger partial charge in [-0.1, -0.05) is 108 Å². The highest BCUT2D eigenvalue weighted by Crippen LogP contribution is 2.27. The van der Waals surface area contributed by atoms with E-state index in [9.17, 15) is 8.78 Å². The zero-order chi connectivity index (χ0) is 69.4. The van der Waals surface area contributed by atoms with Gasteiger partial charge >= 0.3 is 0 Å². The minimum atomic E-state index is -0.522. The molecule has 0 atom stereocenters. The summed E-state index contributed by atoms with van der Waals surface area (Å²) in [5.74, 6) is 0.844. The molecule has 0 aliphatic rings. The van der Waals surface area contributed by atoms with E-state index in [0.717, 1.165) is 80.2 Å². The molecule has 6 aromatic carbocycles. The van der Waals surface area contributed by atoms with Gasteiger partial charge in [0.05, 0.1) is 88.5 Å². The monoisotopic (exact) mass is 1360 g/mol. The SMILES string of the molecule is Clc1nccc2nn(Cc3ccc(Cn4cccn4)cc3)cc12.N#Cc1ccc(CN)cc1F.N#Cc1ccc(CNc2nccc3nn(Cc4ccc(Cn5cccn5)cc4)cc23)cc1F.Nc1noc2cc(CNc3nccc4nn(Cc5ccc(Cn6cccn6)cc5)cc34)ccc12. The molecule has 500 valence electrons. The molecular weight excluding hydrogens is 1300 g/mol. The largest absolute Gasteiger partial charge is 0.380 e. The van der Waals surface area contributed by atoms with Crippen LogP contribution in [0.4, 0.5) is 26.2 Å². The van der Waals surface area contributed by atoms with Gasteiger partial charge in [0, 0.05) is 94.0 Å². The number of halogens is 3. The molecule has 10 aromatic heterocycles. The average molecular weight is 1360 g/mol. The Morgan fingerprint density at radius 1 is 0.426 bits per heavy atom. The van der Waals surface area contributed by atoms with Crippen LogP contribution in [0, 0.1) is 34.3 Å². The van der Waals surface area contributed by atoms with Gasteiger partial charge in [-0.3, -0.25) is 28.1 Å². The normalized spacial score (nSPS) is 11.0. The van der Waals surface area contributed by atoms with Gasteiger partial charge in [-0.25, -0.2) is 23.7 Å². The summed E-state index contributed by atoms with van der Waals surface area (Å²) in [5.41, 5.74) is 24.0. The number of nitrogen functional groups attached to an aromatic ring is 1. The lowest BCUT2D eigenvalue weighted by atomic mass is 10.1. The summed E-state index contributed by atoms with van der Waals surface area (Å²) < 4.78 is 43.3. The van der Waals surface area contributed by atoms with Crippen LogP contribution in [-0.2, 0) is 58.9 Å². The Morgan fingerprint density at radius 3 is 1.19 bits per heavy atom. The first kappa shape index (κ1) is 66.4. The number of nitrogens with two attached hydrogens (primary N) is 2. The Balaban J connectivity index is 0.000000128. The summed E-state index contributed by atoms with van der Waals surface area (Å²) in [7, 11) is 0. The number of fused-ring (bicyclic) bond motifs is 4. The van der Waals surface area contributed by atoms with Crippen LogP contribution in [0.3, 0.4) is 0 Å². The predicted molar refractivity (Wildman–Crippen MR) is 381 cm³/mol. The molecule has 0 saturated heterocycles. The molecule has 0 amide bonds. The van der Waals surface area contributed by atoms with Crippen molar-refractivity contribution in [1.29, 1.82) is 10.5 Å². The number of hydrogen-bond donors (Lipinski definition) is 4. The summed E-state index contributed by atoms with van der Waals surface area (Å²) in [4.78, 5) is 13.0. The minimum Gasteiger partial charge on any atom is -0.380 e. The number of rotatable bonds is 19. The average Bonchev–Trinajstić information content (AvgIpc) is 1.69. The van der Waals surface area contributed by atoms with E-state index in [1.165, 1.54) is 52.1 Å². The van der Waals surface area contributed by atoms with Crippen molar-refractivity contribution in [2.45, 2.75) is 58.9 Å². The molecule has 16 rings (SSSR count). The maximum Gasteiger partial charge on any atom is 0.174 e. The van der Waals surface area contributed by atoms with Crippen LogP contribution in [0.25, 0.3) is 43.7 Å². The fourth-order valence-corrected chi connectivity index (χ4v) is 11.2. The zero-order valence-corrected chi connectivity index (χ0v) is 54.9. The Bertz CT molecular complexity index is 5500. The quantitative estimate of drug-likeness (QED) is 0.0547. The summed E-state index contributed by atoms with van der Waals surface area (Å²) in [5, 5.41) is 58.4. The van der Waals surface area contributed by atoms with E-state index in [-0.39, 0.29) is 11.1 Å². The zero-order valence-electron chi connectivity index (χ0n) is 54.1. The van der Waals surface area contributed by atoms with Crippen LogP contribution in [0.5, 0.6) is 0 Å². The first-order valence-electron chi connectivity index (χ1n) is 31.9. The number of nitrogens with one attached hydrogen (secondary N) is 2. The number of nitrogens with zero attached hydrogens (tertiary/aromatic N) is 18. The molecule has 0 aliphatic heterocycles. The third-order valence-corrected chi connectivity index (χ3v) is 16.5. The summed E-state index contributed by atoms with van der Waals surface area (Å²) in [6, 6.07) is 55.2. The van der Waals surface area contributed by atoms with Crippen molar-refractivity contribution in [3.8, 4) is 12.1 Å². The molecule has 6 N–H and O–H groups in total. The highest BCUT2D eigenvalue weighted by Gasteiger charge is 2.14. The maximum atomic E-state index is 13.9. The Labute approximate surface area is 581 Å². The first-order chi connectivity index (χ1) is 49.4. The predicted octanol–water partition coefficient (Wildman–Crippen LogP) is 12.9. The van der Waals surface area contributed by atoms with Gasteiger partial charge in [0.2, 0.25) is 0 Å². The minimum absolute atomic E-state index is 0.0367. The van der Waals surface area contributed by atoms with Crippen LogP contribution < -0.4 is 22.1 Å². The second-order valence-corrected chi connectivity index (χ2v) is 23.8. The molecule has 0 spiro atoms. The number of nitriles is 2. The van der Waals surface area contributed by atoms with Crippen molar-refractivity contribution in [2.75, 3.05) is 16.4 Å². The van der Waals surface area contributed by atoms with Crippen molar-refractivity contribution >= 4 is 72.7 Å². The van der Waals surface area contributed by atoms with E-state index >= 15 is 0 Å². The summed E-state index contributed by atoms with van der Waals surface area (Å²) in [6.07, 6.45) is 22.3. The molecule has 16 aromatic rings.